The van der Waals surface area contributed by atoms with Gasteiger partial charge in [0.05, 0.1) is 17.8 Å². The van der Waals surface area contributed by atoms with Crippen molar-refractivity contribution in [2.45, 2.75) is 20.3 Å². The first-order valence-electron chi connectivity index (χ1n) is 6.54. The number of hydrogen-bond donors (Lipinski definition) is 1. The van der Waals surface area contributed by atoms with Gasteiger partial charge in [-0.05, 0) is 25.1 Å². The molecule has 19 heavy (non-hydrogen) atoms. The monoisotopic (exact) mass is 259 g/mol. The van der Waals surface area contributed by atoms with Crippen molar-refractivity contribution in [3.05, 3.63) is 29.8 Å². The van der Waals surface area contributed by atoms with E-state index < -0.39 is 0 Å². The molecular weight excluding hydrogens is 238 g/mol. The first kappa shape index (κ1) is 15.2. The van der Waals surface area contributed by atoms with E-state index in [4.69, 9.17) is 5.26 Å². The van der Waals surface area contributed by atoms with Crippen LogP contribution in [0.5, 0.6) is 0 Å². The van der Waals surface area contributed by atoms with Gasteiger partial charge in [0.1, 0.15) is 6.07 Å². The summed E-state index contributed by atoms with van der Waals surface area (Å²) in [5.41, 5.74) is 1.06. The summed E-state index contributed by atoms with van der Waals surface area (Å²) in [6.07, 6.45) is 1.10. The normalized spacial score (nSPS) is 11.9. The zero-order chi connectivity index (χ0) is 14.3. The van der Waals surface area contributed by atoms with Crippen LogP contribution >= 0.6 is 0 Å². The predicted molar refractivity (Wildman–Crippen MR) is 76.7 cm³/mol. The fourth-order valence-electron chi connectivity index (χ4n) is 1.85. The highest BCUT2D eigenvalue weighted by Gasteiger charge is 2.10. The Hall–Kier alpha value is -1.86. The predicted octanol–water partition coefficient (Wildman–Crippen LogP) is 2.47. The molecule has 0 aliphatic rings. The lowest BCUT2D eigenvalue weighted by Crippen LogP contribution is -2.33. The van der Waals surface area contributed by atoms with E-state index in [1.807, 2.05) is 11.9 Å². The van der Waals surface area contributed by atoms with Crippen LogP contribution in [-0.2, 0) is 4.79 Å². The van der Waals surface area contributed by atoms with Crippen molar-refractivity contribution in [2.24, 2.45) is 5.92 Å². The Morgan fingerprint density at radius 1 is 1.47 bits per heavy atom. The van der Waals surface area contributed by atoms with Crippen LogP contribution in [0.2, 0.25) is 0 Å². The van der Waals surface area contributed by atoms with E-state index in [0.29, 0.717) is 23.7 Å². The molecule has 0 heterocycles. The van der Waals surface area contributed by atoms with Crippen molar-refractivity contribution < 1.29 is 4.79 Å². The molecule has 0 radical (unpaired) electrons. The summed E-state index contributed by atoms with van der Waals surface area (Å²) >= 11 is 0. The molecule has 102 valence electrons. The molecule has 0 fully saturated rings. The maximum atomic E-state index is 11.9. The van der Waals surface area contributed by atoms with Gasteiger partial charge in [-0.1, -0.05) is 32.4 Å². The summed E-state index contributed by atoms with van der Waals surface area (Å²) in [4.78, 5) is 13.9. The highest BCUT2D eigenvalue weighted by atomic mass is 16.2. The number of hydrogen-bond acceptors (Lipinski definition) is 3. The minimum Gasteiger partial charge on any atom is -0.324 e. The Balaban J connectivity index is 2.54. The van der Waals surface area contributed by atoms with E-state index in [9.17, 15) is 4.79 Å². The molecule has 0 bridgehead atoms. The molecule has 1 aromatic carbocycles. The second-order valence-corrected chi connectivity index (χ2v) is 4.92. The number of nitrogens with one attached hydrogen (secondary N) is 1. The summed E-state index contributed by atoms with van der Waals surface area (Å²) in [6, 6.07) is 9.09. The van der Waals surface area contributed by atoms with Crippen LogP contribution in [0.15, 0.2) is 24.3 Å². The van der Waals surface area contributed by atoms with Gasteiger partial charge < -0.3 is 5.32 Å². The van der Waals surface area contributed by atoms with Gasteiger partial charge in [0, 0.05) is 6.54 Å². The van der Waals surface area contributed by atoms with Gasteiger partial charge in [0.2, 0.25) is 5.91 Å². The number of nitrogens with zero attached hydrogens (tertiary/aromatic N) is 2. The van der Waals surface area contributed by atoms with Crippen LogP contribution in [0, 0.1) is 17.2 Å². The smallest absolute Gasteiger partial charge is 0.238 e. The number of amides is 1. The molecule has 0 spiro atoms. The molecule has 1 amide bonds. The molecule has 1 aromatic rings. The van der Waals surface area contributed by atoms with E-state index >= 15 is 0 Å². The third kappa shape index (κ3) is 5.11. The van der Waals surface area contributed by atoms with Crippen molar-refractivity contribution in [1.82, 2.24) is 4.90 Å². The van der Waals surface area contributed by atoms with Gasteiger partial charge in [-0.2, -0.15) is 5.26 Å². The molecule has 4 heteroatoms. The summed E-state index contributed by atoms with van der Waals surface area (Å²) in [6.45, 7) is 5.54. The van der Waals surface area contributed by atoms with Crippen LogP contribution in [0.3, 0.4) is 0 Å². The molecule has 1 rings (SSSR count). The second-order valence-electron chi connectivity index (χ2n) is 4.92. The molecule has 1 unspecified atom stereocenters. The zero-order valence-corrected chi connectivity index (χ0v) is 11.8. The van der Waals surface area contributed by atoms with Gasteiger partial charge in [-0.25, -0.2) is 0 Å². The fraction of sp³-hybridized carbons (Fsp3) is 0.467. The van der Waals surface area contributed by atoms with Gasteiger partial charge in [0.15, 0.2) is 0 Å². The summed E-state index contributed by atoms with van der Waals surface area (Å²) in [7, 11) is 1.93. The maximum Gasteiger partial charge on any atom is 0.238 e. The molecule has 0 aliphatic heterocycles. The Morgan fingerprint density at radius 3 is 2.79 bits per heavy atom. The second kappa shape index (κ2) is 7.55. The molecule has 0 saturated carbocycles. The number of likely N-dealkylation sites (N-methyl/N-ethyl adjacent to an activating group) is 1. The van der Waals surface area contributed by atoms with Crippen LogP contribution in [0.4, 0.5) is 5.69 Å². The maximum absolute atomic E-state index is 11.9. The Labute approximate surface area is 115 Å². The average molecular weight is 259 g/mol. The quantitative estimate of drug-likeness (QED) is 0.854. The van der Waals surface area contributed by atoms with Crippen molar-refractivity contribution in [1.29, 1.82) is 5.26 Å². The lowest BCUT2D eigenvalue weighted by molar-refractivity contribution is -0.117. The number of anilines is 1. The lowest BCUT2D eigenvalue weighted by atomic mass is 10.1. The fourth-order valence-corrected chi connectivity index (χ4v) is 1.85. The van der Waals surface area contributed by atoms with Crippen molar-refractivity contribution >= 4 is 11.6 Å². The standard InChI is InChI=1S/C15H21N3O/c1-4-12(2)10-18(3)11-15(19)17-14-8-6-5-7-13(14)9-16/h5-8,12H,4,10-11H2,1-3H3,(H,17,19). The third-order valence-electron chi connectivity index (χ3n) is 3.06. The Bertz CT molecular complexity index is 465. The molecule has 1 N–H and O–H groups in total. The zero-order valence-electron chi connectivity index (χ0n) is 11.8. The summed E-state index contributed by atoms with van der Waals surface area (Å²) < 4.78 is 0. The van der Waals surface area contributed by atoms with Crippen molar-refractivity contribution in [2.75, 3.05) is 25.5 Å². The first-order valence-corrected chi connectivity index (χ1v) is 6.54. The van der Waals surface area contributed by atoms with E-state index in [2.05, 4.69) is 25.2 Å². The Kier molecular flexibility index (Phi) is 6.04. The minimum atomic E-state index is -0.0893. The molecule has 4 nitrogen and oxygen atoms in total. The van der Waals surface area contributed by atoms with Crippen molar-refractivity contribution in [3.8, 4) is 6.07 Å². The molecule has 0 saturated heterocycles. The van der Waals surface area contributed by atoms with Gasteiger partial charge >= 0.3 is 0 Å². The van der Waals surface area contributed by atoms with Crippen LogP contribution in [0.1, 0.15) is 25.8 Å². The molecule has 0 aliphatic carbocycles. The first-order chi connectivity index (χ1) is 9.06. The number of para-hydroxylation sites is 1. The highest BCUT2D eigenvalue weighted by Crippen LogP contribution is 2.13. The van der Waals surface area contributed by atoms with Crippen molar-refractivity contribution in [3.63, 3.8) is 0 Å². The summed E-state index contributed by atoms with van der Waals surface area (Å²) in [5, 5.41) is 11.7. The van der Waals surface area contributed by atoms with Crippen LogP contribution < -0.4 is 5.32 Å². The van der Waals surface area contributed by atoms with Gasteiger partial charge in [-0.15, -0.1) is 0 Å². The number of rotatable bonds is 6. The number of carbonyl (C=O) groups excluding carboxylic acids is 1. The van der Waals surface area contributed by atoms with E-state index in [0.717, 1.165) is 13.0 Å². The van der Waals surface area contributed by atoms with Gasteiger partial charge in [-0.3, -0.25) is 9.69 Å². The third-order valence-corrected chi connectivity index (χ3v) is 3.06. The van der Waals surface area contributed by atoms with Crippen LogP contribution in [-0.4, -0.2) is 30.9 Å². The molecular formula is C15H21N3O. The Morgan fingerprint density at radius 2 is 2.16 bits per heavy atom. The largest absolute Gasteiger partial charge is 0.324 e. The lowest BCUT2D eigenvalue weighted by Gasteiger charge is -2.19. The molecule has 0 aromatic heterocycles. The van der Waals surface area contributed by atoms with E-state index in [1.54, 1.807) is 24.3 Å². The molecule has 1 atom stereocenters. The number of carbonyl (C=O) groups is 1. The number of nitriles is 1. The average Bonchev–Trinajstić information content (AvgIpc) is 2.38. The van der Waals surface area contributed by atoms with Gasteiger partial charge in [0.25, 0.3) is 0 Å². The van der Waals surface area contributed by atoms with E-state index in [1.165, 1.54) is 0 Å². The van der Waals surface area contributed by atoms with Crippen LogP contribution in [0.25, 0.3) is 0 Å². The highest BCUT2D eigenvalue weighted by molar-refractivity contribution is 5.93. The number of benzene rings is 1. The minimum absolute atomic E-state index is 0.0893. The SMILES string of the molecule is CCC(C)CN(C)CC(=O)Nc1ccccc1C#N. The summed E-state index contributed by atoms with van der Waals surface area (Å²) in [5.74, 6) is 0.484. The topological polar surface area (TPSA) is 56.1 Å². The van der Waals surface area contributed by atoms with E-state index in [-0.39, 0.29) is 5.91 Å².